The van der Waals surface area contributed by atoms with Crippen molar-refractivity contribution >= 4 is 17.2 Å². The number of carbonyl (C=O) groups excluding carboxylic acids is 1. The summed E-state index contributed by atoms with van der Waals surface area (Å²) in [6, 6.07) is 0. The van der Waals surface area contributed by atoms with Crippen LogP contribution in [0.5, 0.6) is 0 Å². The van der Waals surface area contributed by atoms with Crippen LogP contribution in [0.15, 0.2) is 18.0 Å². The van der Waals surface area contributed by atoms with Gasteiger partial charge in [0.2, 0.25) is 5.91 Å². The number of aromatic nitrogens is 1. The number of amides is 1. The molecule has 104 valence electrons. The number of halogens is 3. The van der Waals surface area contributed by atoms with E-state index in [9.17, 15) is 18.0 Å². The van der Waals surface area contributed by atoms with Gasteiger partial charge in [0.25, 0.3) is 0 Å². The van der Waals surface area contributed by atoms with E-state index in [-0.39, 0.29) is 11.8 Å². The first-order chi connectivity index (χ1) is 8.91. The number of piperidine rings is 1. The van der Waals surface area contributed by atoms with Gasteiger partial charge in [-0.1, -0.05) is 6.58 Å². The van der Waals surface area contributed by atoms with Gasteiger partial charge < -0.3 is 4.90 Å². The van der Waals surface area contributed by atoms with Gasteiger partial charge in [0.05, 0.1) is 5.01 Å². The first-order valence-corrected chi connectivity index (χ1v) is 6.73. The third-order valence-electron chi connectivity index (χ3n) is 3.07. The SMILES string of the molecule is C=CC(=O)N1CCCC(c2nc(C(F)(F)F)cs2)C1. The summed E-state index contributed by atoms with van der Waals surface area (Å²) in [7, 11) is 0. The average Bonchev–Trinajstić information content (AvgIpc) is 2.87. The van der Waals surface area contributed by atoms with Crippen molar-refractivity contribution in [3.63, 3.8) is 0 Å². The van der Waals surface area contributed by atoms with E-state index in [0.717, 1.165) is 29.6 Å². The molecule has 0 bridgehead atoms. The van der Waals surface area contributed by atoms with E-state index in [4.69, 9.17) is 0 Å². The van der Waals surface area contributed by atoms with Gasteiger partial charge in [-0.25, -0.2) is 4.98 Å². The maximum Gasteiger partial charge on any atom is 0.434 e. The second kappa shape index (κ2) is 5.32. The topological polar surface area (TPSA) is 33.2 Å². The third kappa shape index (κ3) is 3.15. The highest BCUT2D eigenvalue weighted by molar-refractivity contribution is 7.09. The maximum atomic E-state index is 12.5. The van der Waals surface area contributed by atoms with E-state index in [1.54, 1.807) is 4.90 Å². The molecule has 2 rings (SSSR count). The largest absolute Gasteiger partial charge is 0.434 e. The molecule has 7 heteroatoms. The molecule has 3 nitrogen and oxygen atoms in total. The molecule has 1 atom stereocenters. The van der Waals surface area contributed by atoms with Gasteiger partial charge in [-0.05, 0) is 18.9 Å². The Morgan fingerprint density at radius 1 is 1.58 bits per heavy atom. The maximum absolute atomic E-state index is 12.5. The molecule has 1 fully saturated rings. The van der Waals surface area contributed by atoms with Crippen LogP contribution in [0.3, 0.4) is 0 Å². The minimum Gasteiger partial charge on any atom is -0.338 e. The van der Waals surface area contributed by atoms with Crippen molar-refractivity contribution in [2.45, 2.75) is 24.9 Å². The van der Waals surface area contributed by atoms with Crippen molar-refractivity contribution in [3.05, 3.63) is 28.7 Å². The highest BCUT2D eigenvalue weighted by Crippen LogP contribution is 2.34. The Kier molecular flexibility index (Phi) is 3.93. The number of carbonyl (C=O) groups is 1. The van der Waals surface area contributed by atoms with Gasteiger partial charge in [0.15, 0.2) is 5.69 Å². The van der Waals surface area contributed by atoms with Crippen molar-refractivity contribution in [2.75, 3.05) is 13.1 Å². The summed E-state index contributed by atoms with van der Waals surface area (Å²) in [4.78, 5) is 16.8. The standard InChI is InChI=1S/C12H13F3N2OS/c1-2-10(18)17-5-3-4-8(6-17)11-16-9(7-19-11)12(13,14)15/h2,7-8H,1,3-6H2. The number of alkyl halides is 3. The first kappa shape index (κ1) is 14.0. The summed E-state index contributed by atoms with van der Waals surface area (Å²) >= 11 is 1.01. The van der Waals surface area contributed by atoms with Crippen LogP contribution >= 0.6 is 11.3 Å². The number of rotatable bonds is 2. The second-order valence-corrected chi connectivity index (χ2v) is 5.29. The highest BCUT2D eigenvalue weighted by atomic mass is 32.1. The molecule has 0 N–H and O–H groups in total. The third-order valence-corrected chi connectivity index (χ3v) is 4.08. The molecular weight excluding hydrogens is 277 g/mol. The number of nitrogens with zero attached hydrogens (tertiary/aromatic N) is 2. The summed E-state index contributed by atoms with van der Waals surface area (Å²) in [6.45, 7) is 4.45. The molecular formula is C12H13F3N2OS. The molecule has 1 aliphatic heterocycles. The lowest BCUT2D eigenvalue weighted by atomic mass is 9.98. The second-order valence-electron chi connectivity index (χ2n) is 4.40. The van der Waals surface area contributed by atoms with Gasteiger partial charge in [-0.2, -0.15) is 13.2 Å². The fourth-order valence-electron chi connectivity index (χ4n) is 2.11. The lowest BCUT2D eigenvalue weighted by molar-refractivity contribution is -0.141. The summed E-state index contributed by atoms with van der Waals surface area (Å²) in [5.74, 6) is -0.295. The molecule has 2 heterocycles. The number of hydrogen-bond acceptors (Lipinski definition) is 3. The van der Waals surface area contributed by atoms with Gasteiger partial charge in [-0.15, -0.1) is 11.3 Å². The Labute approximate surface area is 112 Å². The van der Waals surface area contributed by atoms with Gasteiger partial charge in [0, 0.05) is 24.4 Å². The molecule has 1 aromatic heterocycles. The summed E-state index contributed by atoms with van der Waals surface area (Å²) in [5.41, 5.74) is -0.848. The van der Waals surface area contributed by atoms with Crippen LogP contribution in [-0.2, 0) is 11.0 Å². The molecule has 1 unspecified atom stereocenters. The number of likely N-dealkylation sites (tertiary alicyclic amines) is 1. The van der Waals surface area contributed by atoms with Crippen LogP contribution in [0.2, 0.25) is 0 Å². The van der Waals surface area contributed by atoms with Gasteiger partial charge >= 0.3 is 6.18 Å². The average molecular weight is 290 g/mol. The monoisotopic (exact) mass is 290 g/mol. The molecule has 0 aliphatic carbocycles. The Morgan fingerprint density at radius 3 is 2.89 bits per heavy atom. The van der Waals surface area contributed by atoms with Gasteiger partial charge in [0.1, 0.15) is 0 Å². The lowest BCUT2D eigenvalue weighted by Crippen LogP contribution is -2.38. The molecule has 1 aromatic rings. The van der Waals surface area contributed by atoms with E-state index < -0.39 is 11.9 Å². The zero-order valence-corrected chi connectivity index (χ0v) is 10.9. The van der Waals surface area contributed by atoms with Crippen molar-refractivity contribution in [3.8, 4) is 0 Å². The normalized spacial score (nSPS) is 20.4. The van der Waals surface area contributed by atoms with Gasteiger partial charge in [-0.3, -0.25) is 4.79 Å². The Hall–Kier alpha value is -1.37. The van der Waals surface area contributed by atoms with E-state index in [2.05, 4.69) is 11.6 Å². The summed E-state index contributed by atoms with van der Waals surface area (Å²) < 4.78 is 37.5. The molecule has 1 aliphatic rings. The zero-order valence-electron chi connectivity index (χ0n) is 10.1. The quantitative estimate of drug-likeness (QED) is 0.784. The Bertz CT molecular complexity index is 484. The lowest BCUT2D eigenvalue weighted by Gasteiger charge is -2.31. The van der Waals surface area contributed by atoms with Crippen molar-refractivity contribution in [1.82, 2.24) is 9.88 Å². The van der Waals surface area contributed by atoms with Crippen molar-refractivity contribution in [2.24, 2.45) is 0 Å². The molecule has 0 spiro atoms. The first-order valence-electron chi connectivity index (χ1n) is 5.85. The number of thiazole rings is 1. The van der Waals surface area contributed by atoms with Crippen LogP contribution in [0.4, 0.5) is 13.2 Å². The predicted octanol–water partition coefficient (Wildman–Crippen LogP) is 3.05. The highest BCUT2D eigenvalue weighted by Gasteiger charge is 2.35. The fourth-order valence-corrected chi connectivity index (χ4v) is 3.07. The molecule has 0 saturated carbocycles. The van der Waals surface area contributed by atoms with Crippen molar-refractivity contribution in [1.29, 1.82) is 0 Å². The minimum atomic E-state index is -4.40. The Morgan fingerprint density at radius 2 is 2.32 bits per heavy atom. The molecule has 0 aromatic carbocycles. The fraction of sp³-hybridized carbons (Fsp3) is 0.500. The van der Waals surface area contributed by atoms with E-state index in [1.165, 1.54) is 6.08 Å². The summed E-state index contributed by atoms with van der Waals surface area (Å²) in [5, 5.41) is 1.48. The zero-order chi connectivity index (χ0) is 14.0. The molecule has 1 saturated heterocycles. The predicted molar refractivity (Wildman–Crippen MR) is 65.9 cm³/mol. The molecule has 1 amide bonds. The summed E-state index contributed by atoms with van der Waals surface area (Å²) in [6.07, 6.45) is -1.65. The van der Waals surface area contributed by atoms with Crippen LogP contribution < -0.4 is 0 Å². The number of hydrogen-bond donors (Lipinski definition) is 0. The van der Waals surface area contributed by atoms with Crippen LogP contribution in [0, 0.1) is 0 Å². The van der Waals surface area contributed by atoms with E-state index in [0.29, 0.717) is 18.1 Å². The minimum absolute atomic E-state index is 0.112. The Balaban J connectivity index is 2.11. The smallest absolute Gasteiger partial charge is 0.338 e. The van der Waals surface area contributed by atoms with Crippen LogP contribution in [0.1, 0.15) is 29.5 Å². The van der Waals surface area contributed by atoms with Crippen LogP contribution in [-0.4, -0.2) is 28.9 Å². The van der Waals surface area contributed by atoms with E-state index in [1.807, 2.05) is 0 Å². The van der Waals surface area contributed by atoms with Crippen molar-refractivity contribution < 1.29 is 18.0 Å². The molecule has 0 radical (unpaired) electrons. The molecule has 19 heavy (non-hydrogen) atoms. The van der Waals surface area contributed by atoms with E-state index >= 15 is 0 Å². The van der Waals surface area contributed by atoms with Crippen LogP contribution in [0.25, 0.3) is 0 Å².